The number of benzene rings is 2. The number of amides is 2. The normalized spacial score (nSPS) is 18.0. The molecule has 8 rings (SSSR count). The lowest BCUT2D eigenvalue weighted by Gasteiger charge is -2.61. The fourth-order valence-electron chi connectivity index (χ4n) is 7.66. The van der Waals surface area contributed by atoms with Crippen molar-refractivity contribution in [3.8, 4) is 6.07 Å². The van der Waals surface area contributed by atoms with Crippen LogP contribution in [0.25, 0.3) is 21.7 Å². The Hall–Kier alpha value is -6.21. The van der Waals surface area contributed by atoms with Gasteiger partial charge in [0, 0.05) is 36.8 Å². The number of rotatable bonds is 11. The van der Waals surface area contributed by atoms with E-state index in [1.165, 1.54) is 22.6 Å². The molecular weight excluding hydrogens is 790 g/mol. The highest BCUT2D eigenvalue weighted by molar-refractivity contribution is 6.36. The van der Waals surface area contributed by atoms with Crippen LogP contribution >= 0.6 is 11.6 Å². The number of aromatic nitrogens is 5. The molecule has 0 spiro atoms. The third-order valence-corrected chi connectivity index (χ3v) is 11.1. The average molecular weight is 838 g/mol. The standard InChI is InChI=1S/C43H48ClN9O7/c1-24(48-39(56)60-42(5,6)7)38(55)58-23-59-40(57)53(27-14-31-34(47-22-41(2,3)4)26(19-45)20-46-35(31)32(44)15-27)36(33-21-52(50-49-33)43-16-25(17-43)18-43)29-10-9-11-30-28(29)12-13-51(8)37(30)54/h9-15,20-21,24-25,36H,16-18,22-23H2,1-8H3,(H,46,47)(H,48,56)/t24-,25?,36-,43?/m0/s1. The molecule has 3 aliphatic carbocycles. The second-order valence-corrected chi connectivity index (χ2v) is 18.3. The zero-order valence-electron chi connectivity index (χ0n) is 34.8. The lowest BCUT2D eigenvalue weighted by molar-refractivity contribution is -0.153. The summed E-state index contributed by atoms with van der Waals surface area (Å²) in [6.07, 6.45) is 6.03. The quantitative estimate of drug-likeness (QED) is 0.0996. The first-order valence-electron chi connectivity index (χ1n) is 19.7. The zero-order chi connectivity index (χ0) is 43.3. The van der Waals surface area contributed by atoms with E-state index in [1.54, 1.807) is 70.4 Å². The number of nitrogens with zero attached hydrogens (tertiary/aromatic N) is 7. The van der Waals surface area contributed by atoms with Crippen LogP contribution in [0.3, 0.4) is 0 Å². The molecule has 2 N–H and O–H groups in total. The number of nitrogens with one attached hydrogen (secondary N) is 2. The summed E-state index contributed by atoms with van der Waals surface area (Å²) in [5.41, 5.74) is 0.817. The van der Waals surface area contributed by atoms with Gasteiger partial charge in [-0.3, -0.25) is 14.7 Å². The summed E-state index contributed by atoms with van der Waals surface area (Å²) in [4.78, 5) is 59.5. The largest absolute Gasteiger partial charge is 0.444 e. The number of ether oxygens (including phenoxy) is 3. The molecule has 3 fully saturated rings. The number of nitriles is 1. The summed E-state index contributed by atoms with van der Waals surface area (Å²) >= 11 is 7.01. The van der Waals surface area contributed by atoms with Gasteiger partial charge < -0.3 is 29.4 Å². The molecular formula is C43H48ClN9O7. The van der Waals surface area contributed by atoms with Gasteiger partial charge in [0.05, 0.1) is 39.2 Å². The zero-order valence-corrected chi connectivity index (χ0v) is 35.6. The van der Waals surface area contributed by atoms with Crippen LogP contribution in [0.15, 0.2) is 59.8 Å². The number of anilines is 2. The number of halogens is 1. The minimum absolute atomic E-state index is 0.155. The fourth-order valence-corrected chi connectivity index (χ4v) is 7.93. The van der Waals surface area contributed by atoms with Crippen molar-refractivity contribution in [2.24, 2.45) is 18.4 Å². The Morgan fingerprint density at radius 3 is 2.45 bits per heavy atom. The SMILES string of the molecule is C[C@H](NC(=O)OC(C)(C)C)C(=O)OCOC(=O)N(c1cc(Cl)c2ncc(C#N)c(NCC(C)(C)C)c2c1)[C@H](c1cn(C23CC(C2)C3)nn1)c1cccc2c(=O)n(C)ccc12. The Morgan fingerprint density at radius 2 is 1.80 bits per heavy atom. The van der Waals surface area contributed by atoms with Crippen molar-refractivity contribution in [3.05, 3.63) is 87.2 Å². The topological polar surface area (TPSA) is 196 Å². The molecule has 0 radical (unpaired) electrons. The lowest BCUT2D eigenvalue weighted by atomic mass is 9.50. The minimum Gasteiger partial charge on any atom is -0.444 e. The molecule has 314 valence electrons. The van der Waals surface area contributed by atoms with Crippen molar-refractivity contribution in [2.45, 2.75) is 91.0 Å². The molecule has 0 unspecified atom stereocenters. The maximum Gasteiger partial charge on any atom is 0.418 e. The van der Waals surface area contributed by atoms with Crippen LogP contribution < -0.4 is 21.1 Å². The molecule has 3 saturated carbocycles. The van der Waals surface area contributed by atoms with Gasteiger partial charge in [-0.2, -0.15) is 5.26 Å². The number of hydrogen-bond acceptors (Lipinski definition) is 12. The van der Waals surface area contributed by atoms with E-state index >= 15 is 0 Å². The molecule has 3 heterocycles. The van der Waals surface area contributed by atoms with E-state index < -0.39 is 42.6 Å². The first kappa shape index (κ1) is 41.9. The summed E-state index contributed by atoms with van der Waals surface area (Å²) < 4.78 is 19.6. The minimum atomic E-state index is -1.15. The number of aryl methyl sites for hydroxylation is 1. The van der Waals surface area contributed by atoms with Crippen molar-refractivity contribution >= 4 is 62.8 Å². The molecule has 16 nitrogen and oxygen atoms in total. The lowest BCUT2D eigenvalue weighted by Crippen LogP contribution is -2.59. The molecule has 2 atom stereocenters. The smallest absolute Gasteiger partial charge is 0.418 e. The van der Waals surface area contributed by atoms with Crippen LogP contribution in [0.5, 0.6) is 0 Å². The maximum absolute atomic E-state index is 14.8. The van der Waals surface area contributed by atoms with E-state index in [4.69, 9.17) is 25.8 Å². The number of alkyl carbamates (subject to hydrolysis) is 1. The molecule has 3 aromatic heterocycles. The van der Waals surface area contributed by atoms with Gasteiger partial charge in [0.2, 0.25) is 6.79 Å². The predicted octanol–water partition coefficient (Wildman–Crippen LogP) is 7.32. The number of esters is 1. The first-order valence-corrected chi connectivity index (χ1v) is 20.0. The van der Waals surface area contributed by atoms with Crippen molar-refractivity contribution in [1.82, 2.24) is 29.9 Å². The van der Waals surface area contributed by atoms with Gasteiger partial charge in [-0.25, -0.2) is 19.1 Å². The molecule has 0 saturated heterocycles. The van der Waals surface area contributed by atoms with Gasteiger partial charge in [-0.1, -0.05) is 49.7 Å². The summed E-state index contributed by atoms with van der Waals surface area (Å²) in [5, 5.41) is 26.8. The number of carbonyl (C=O) groups excluding carboxylic acids is 3. The highest BCUT2D eigenvalue weighted by Crippen LogP contribution is 2.62. The van der Waals surface area contributed by atoms with Gasteiger partial charge in [-0.15, -0.1) is 5.10 Å². The number of hydrogen-bond donors (Lipinski definition) is 2. The molecule has 5 aromatic rings. The van der Waals surface area contributed by atoms with Crippen LogP contribution in [0, 0.1) is 22.7 Å². The third kappa shape index (κ3) is 8.31. The van der Waals surface area contributed by atoms with E-state index in [9.17, 15) is 24.4 Å². The van der Waals surface area contributed by atoms with Crippen molar-refractivity contribution < 1.29 is 28.6 Å². The second kappa shape index (κ2) is 15.8. The van der Waals surface area contributed by atoms with Gasteiger partial charge in [0.15, 0.2) is 0 Å². The highest BCUT2D eigenvalue weighted by Gasteiger charge is 2.59. The number of fused-ring (bicyclic) bond motifs is 2. The third-order valence-electron chi connectivity index (χ3n) is 10.8. The van der Waals surface area contributed by atoms with Crippen molar-refractivity contribution in [3.63, 3.8) is 0 Å². The molecule has 0 aliphatic heterocycles. The van der Waals surface area contributed by atoms with E-state index in [0.29, 0.717) is 51.1 Å². The van der Waals surface area contributed by atoms with Crippen LogP contribution in [-0.4, -0.2) is 67.7 Å². The van der Waals surface area contributed by atoms with Gasteiger partial charge in [-0.05, 0) is 93.5 Å². The Bertz CT molecular complexity index is 2600. The summed E-state index contributed by atoms with van der Waals surface area (Å²) in [6.45, 7) is 12.3. The summed E-state index contributed by atoms with van der Waals surface area (Å²) in [5.74, 6) is -0.242. The second-order valence-electron chi connectivity index (χ2n) is 17.9. The van der Waals surface area contributed by atoms with Gasteiger partial charge in [0.25, 0.3) is 5.56 Å². The van der Waals surface area contributed by atoms with E-state index in [0.717, 1.165) is 19.3 Å². The Labute approximate surface area is 351 Å². The Kier molecular flexibility index (Phi) is 11.0. The van der Waals surface area contributed by atoms with Crippen molar-refractivity contribution in [1.29, 1.82) is 5.26 Å². The Morgan fingerprint density at radius 1 is 1.07 bits per heavy atom. The van der Waals surface area contributed by atoms with Crippen LogP contribution in [0.4, 0.5) is 21.0 Å². The van der Waals surface area contributed by atoms with Crippen LogP contribution in [0.1, 0.15) is 90.6 Å². The monoisotopic (exact) mass is 837 g/mol. The van der Waals surface area contributed by atoms with Crippen LogP contribution in [0.2, 0.25) is 5.02 Å². The van der Waals surface area contributed by atoms with E-state index in [1.807, 2.05) is 10.9 Å². The molecule has 2 aromatic carbocycles. The fraction of sp³-hybridized carbons (Fsp3) is 0.442. The van der Waals surface area contributed by atoms with Gasteiger partial charge >= 0.3 is 18.2 Å². The molecule has 2 bridgehead atoms. The molecule has 3 aliphatic rings. The summed E-state index contributed by atoms with van der Waals surface area (Å²) in [6, 6.07) is 10.2. The van der Waals surface area contributed by atoms with Gasteiger partial charge in [0.1, 0.15) is 29.4 Å². The highest BCUT2D eigenvalue weighted by atomic mass is 35.5. The predicted molar refractivity (Wildman–Crippen MR) is 225 cm³/mol. The van der Waals surface area contributed by atoms with Crippen molar-refractivity contribution in [2.75, 3.05) is 23.6 Å². The first-order chi connectivity index (χ1) is 28.3. The van der Waals surface area contributed by atoms with E-state index in [2.05, 4.69) is 52.8 Å². The maximum atomic E-state index is 14.8. The van der Waals surface area contributed by atoms with E-state index in [-0.39, 0.29) is 32.8 Å². The number of carbonyl (C=O) groups is 3. The summed E-state index contributed by atoms with van der Waals surface area (Å²) in [7, 11) is 1.65. The average Bonchev–Trinajstić information content (AvgIpc) is 3.60. The molecule has 60 heavy (non-hydrogen) atoms. The molecule has 2 amide bonds. The Balaban J connectivity index is 1.36. The molecule has 17 heteroatoms. The van der Waals surface area contributed by atoms with Crippen LogP contribution in [-0.2, 0) is 31.6 Å². The number of pyridine rings is 2.